The summed E-state index contributed by atoms with van der Waals surface area (Å²) in [4.78, 5) is 29.0. The second-order valence-corrected chi connectivity index (χ2v) is 10.7. The number of Topliss-reactive ketones (excluding diaryl/α,β-unsaturated/α-hetero) is 1. The summed E-state index contributed by atoms with van der Waals surface area (Å²) in [5, 5.41) is 8.67. The van der Waals surface area contributed by atoms with E-state index in [9.17, 15) is 9.59 Å². The van der Waals surface area contributed by atoms with Crippen molar-refractivity contribution in [3.8, 4) is 0 Å². The maximum atomic E-state index is 14.3. The normalized spacial score (nSPS) is 15.8. The molecule has 42 heavy (non-hydrogen) atoms. The SMILES string of the molecule is CCOC(=O)N1CC(=Cc2c3ccccc3cc3ccccc23)C(=O)C(=Cc2c3ccccc3cc3ccccc23)C1. The van der Waals surface area contributed by atoms with Crippen LogP contribution in [0.15, 0.2) is 120 Å². The minimum absolute atomic E-state index is 0.0513. The van der Waals surface area contributed by atoms with Crippen LogP contribution in [0.3, 0.4) is 0 Å². The number of likely N-dealkylation sites (tertiary alicyclic amines) is 1. The highest BCUT2D eigenvalue weighted by atomic mass is 16.6. The first-order chi connectivity index (χ1) is 20.6. The summed E-state index contributed by atoms with van der Waals surface area (Å²) in [6, 6.07) is 37.2. The molecule has 1 amide bonds. The van der Waals surface area contributed by atoms with Gasteiger partial charge in [0, 0.05) is 11.1 Å². The van der Waals surface area contributed by atoms with Gasteiger partial charge in [-0.25, -0.2) is 4.79 Å². The van der Waals surface area contributed by atoms with Gasteiger partial charge in [-0.15, -0.1) is 0 Å². The lowest BCUT2D eigenvalue weighted by Crippen LogP contribution is -2.41. The molecular formula is C38H29NO3. The summed E-state index contributed by atoms with van der Waals surface area (Å²) in [7, 11) is 0. The molecule has 4 nitrogen and oxygen atoms in total. The number of carbonyl (C=O) groups excluding carboxylic acids is 2. The van der Waals surface area contributed by atoms with Crippen molar-refractivity contribution in [2.24, 2.45) is 0 Å². The third kappa shape index (κ3) is 4.51. The van der Waals surface area contributed by atoms with Crippen LogP contribution in [0.5, 0.6) is 0 Å². The molecule has 1 heterocycles. The van der Waals surface area contributed by atoms with Gasteiger partial charge in [-0.1, -0.05) is 97.1 Å². The van der Waals surface area contributed by atoms with Crippen molar-refractivity contribution in [1.29, 1.82) is 0 Å². The van der Waals surface area contributed by atoms with E-state index in [1.807, 2.05) is 60.7 Å². The fraction of sp³-hybridized carbons (Fsp3) is 0.105. The van der Waals surface area contributed by atoms with E-state index >= 15 is 0 Å². The molecule has 0 aliphatic carbocycles. The number of benzene rings is 6. The molecule has 204 valence electrons. The Morgan fingerprint density at radius 2 is 1.00 bits per heavy atom. The van der Waals surface area contributed by atoms with Crippen molar-refractivity contribution in [3.05, 3.63) is 131 Å². The number of amides is 1. The Labute approximate surface area is 244 Å². The number of rotatable bonds is 3. The van der Waals surface area contributed by atoms with Crippen molar-refractivity contribution in [1.82, 2.24) is 4.90 Å². The highest BCUT2D eigenvalue weighted by molar-refractivity contribution is 6.19. The fourth-order valence-corrected chi connectivity index (χ4v) is 6.14. The van der Waals surface area contributed by atoms with E-state index in [0.29, 0.717) is 11.1 Å². The van der Waals surface area contributed by atoms with Gasteiger partial charge in [0.15, 0.2) is 5.78 Å². The minimum atomic E-state index is -0.424. The first-order valence-corrected chi connectivity index (χ1v) is 14.3. The summed E-state index contributed by atoms with van der Waals surface area (Å²) >= 11 is 0. The van der Waals surface area contributed by atoms with E-state index in [0.717, 1.165) is 54.2 Å². The molecular weight excluding hydrogens is 518 g/mol. The number of hydrogen-bond donors (Lipinski definition) is 0. The Balaban J connectivity index is 1.45. The lowest BCUT2D eigenvalue weighted by Gasteiger charge is -2.29. The summed E-state index contributed by atoms with van der Waals surface area (Å²) in [6.45, 7) is 2.43. The quantitative estimate of drug-likeness (QED) is 0.164. The molecule has 7 rings (SSSR count). The first-order valence-electron chi connectivity index (χ1n) is 14.3. The lowest BCUT2D eigenvalue weighted by atomic mass is 9.89. The number of fused-ring (bicyclic) bond motifs is 4. The Morgan fingerprint density at radius 3 is 1.36 bits per heavy atom. The monoisotopic (exact) mass is 547 g/mol. The van der Waals surface area contributed by atoms with Gasteiger partial charge < -0.3 is 4.74 Å². The summed E-state index contributed by atoms with van der Waals surface area (Å²) < 4.78 is 5.42. The summed E-state index contributed by atoms with van der Waals surface area (Å²) in [5.74, 6) is -0.0513. The predicted octanol–water partition coefficient (Wildman–Crippen LogP) is 8.81. The van der Waals surface area contributed by atoms with Gasteiger partial charge in [-0.2, -0.15) is 0 Å². The van der Waals surface area contributed by atoms with Gasteiger partial charge in [0.2, 0.25) is 0 Å². The maximum absolute atomic E-state index is 14.3. The zero-order valence-corrected chi connectivity index (χ0v) is 23.3. The van der Waals surface area contributed by atoms with Crippen LogP contribution in [0.25, 0.3) is 55.2 Å². The first kappa shape index (κ1) is 25.7. The fourth-order valence-electron chi connectivity index (χ4n) is 6.14. The highest BCUT2D eigenvalue weighted by Crippen LogP contribution is 2.34. The summed E-state index contributed by atoms with van der Waals surface area (Å²) in [6.07, 6.45) is 3.54. The smallest absolute Gasteiger partial charge is 0.410 e. The Kier molecular flexibility index (Phi) is 6.52. The molecule has 4 heteroatoms. The van der Waals surface area contributed by atoms with Crippen LogP contribution in [-0.4, -0.2) is 36.5 Å². The minimum Gasteiger partial charge on any atom is -0.450 e. The number of piperidine rings is 1. The third-order valence-electron chi connectivity index (χ3n) is 8.09. The molecule has 1 aliphatic heterocycles. The van der Waals surface area contributed by atoms with Crippen molar-refractivity contribution >= 4 is 67.1 Å². The van der Waals surface area contributed by atoms with Crippen LogP contribution in [0, 0.1) is 0 Å². The topological polar surface area (TPSA) is 46.6 Å². The van der Waals surface area contributed by atoms with Crippen LogP contribution in [-0.2, 0) is 9.53 Å². The van der Waals surface area contributed by atoms with Crippen LogP contribution < -0.4 is 0 Å². The number of ketones is 1. The van der Waals surface area contributed by atoms with Crippen LogP contribution in [0.4, 0.5) is 4.79 Å². The molecule has 0 bridgehead atoms. The number of hydrogen-bond acceptors (Lipinski definition) is 3. The van der Waals surface area contributed by atoms with Crippen molar-refractivity contribution in [3.63, 3.8) is 0 Å². The molecule has 1 aliphatic rings. The number of ether oxygens (including phenoxy) is 1. The van der Waals surface area contributed by atoms with Gasteiger partial charge in [0.1, 0.15) is 0 Å². The molecule has 1 fully saturated rings. The summed E-state index contributed by atoms with van der Waals surface area (Å²) in [5.41, 5.74) is 3.08. The van der Waals surface area contributed by atoms with E-state index in [-0.39, 0.29) is 25.5 Å². The van der Waals surface area contributed by atoms with Crippen LogP contribution in [0.1, 0.15) is 18.1 Å². The van der Waals surface area contributed by atoms with Crippen LogP contribution >= 0.6 is 0 Å². The highest BCUT2D eigenvalue weighted by Gasteiger charge is 2.30. The van der Waals surface area contributed by atoms with Gasteiger partial charge in [0.05, 0.1) is 19.7 Å². The Morgan fingerprint density at radius 1 is 0.643 bits per heavy atom. The predicted molar refractivity (Wildman–Crippen MR) is 172 cm³/mol. The Hall–Kier alpha value is -5.22. The average Bonchev–Trinajstić information content (AvgIpc) is 3.02. The molecule has 1 saturated heterocycles. The largest absolute Gasteiger partial charge is 0.450 e. The molecule has 0 atom stereocenters. The third-order valence-corrected chi connectivity index (χ3v) is 8.09. The second-order valence-electron chi connectivity index (χ2n) is 10.7. The number of nitrogens with zero attached hydrogens (tertiary/aromatic N) is 1. The van der Waals surface area contributed by atoms with Gasteiger partial charge >= 0.3 is 6.09 Å². The average molecular weight is 548 g/mol. The lowest BCUT2D eigenvalue weighted by molar-refractivity contribution is -0.113. The standard InChI is InChI=1S/C38H29NO3/c1-2-42-38(41)39-23-29(21-35-31-15-7-3-11-25(31)19-26-12-4-8-16-32(26)35)37(40)30(24-39)22-36-33-17-9-5-13-27(33)20-28-14-6-10-18-34(28)36/h3-22H,2,23-24H2,1H3. The van der Waals surface area contributed by atoms with Crippen molar-refractivity contribution in [2.45, 2.75) is 6.92 Å². The van der Waals surface area contributed by atoms with E-state index in [1.54, 1.807) is 11.8 Å². The Bertz CT molecular complexity index is 1850. The molecule has 0 unspecified atom stereocenters. The molecule has 6 aromatic carbocycles. The van der Waals surface area contributed by atoms with Gasteiger partial charge in [-0.05, 0) is 85.4 Å². The van der Waals surface area contributed by atoms with E-state index < -0.39 is 6.09 Å². The molecule has 0 radical (unpaired) electrons. The zero-order valence-electron chi connectivity index (χ0n) is 23.3. The maximum Gasteiger partial charge on any atom is 0.410 e. The molecule has 0 spiro atoms. The van der Waals surface area contributed by atoms with Gasteiger partial charge in [-0.3, -0.25) is 9.69 Å². The zero-order chi connectivity index (χ0) is 28.6. The molecule has 0 saturated carbocycles. The molecule has 0 N–H and O–H groups in total. The molecule has 0 aromatic heterocycles. The van der Waals surface area contributed by atoms with Crippen molar-refractivity contribution in [2.75, 3.05) is 19.7 Å². The van der Waals surface area contributed by atoms with E-state index in [1.165, 1.54) is 0 Å². The van der Waals surface area contributed by atoms with Gasteiger partial charge in [0.25, 0.3) is 0 Å². The van der Waals surface area contributed by atoms with Crippen LogP contribution in [0.2, 0.25) is 0 Å². The second kappa shape index (κ2) is 10.6. The van der Waals surface area contributed by atoms with Crippen molar-refractivity contribution < 1.29 is 14.3 Å². The number of carbonyl (C=O) groups is 2. The van der Waals surface area contributed by atoms with E-state index in [2.05, 4.69) is 60.7 Å². The molecule has 6 aromatic rings. The van der Waals surface area contributed by atoms with E-state index in [4.69, 9.17) is 4.74 Å².